The summed E-state index contributed by atoms with van der Waals surface area (Å²) < 4.78 is 1.87. The quantitative estimate of drug-likeness (QED) is 0.738. The second kappa shape index (κ2) is 9.46. The van der Waals surface area contributed by atoms with Crippen molar-refractivity contribution >= 4 is 17.8 Å². The molecule has 1 atom stereocenters. The molecule has 0 spiro atoms. The van der Waals surface area contributed by atoms with Crippen LogP contribution in [-0.4, -0.2) is 25.7 Å². The van der Waals surface area contributed by atoms with Crippen LogP contribution in [0.15, 0.2) is 18.6 Å². The molecule has 2 aromatic heterocycles. The van der Waals surface area contributed by atoms with Crippen molar-refractivity contribution in [3.05, 3.63) is 29.9 Å². The van der Waals surface area contributed by atoms with Gasteiger partial charge in [0.25, 0.3) is 0 Å². The SMILES string of the molecule is CC/C=C\c1c(C)ncnc1-c1cn([C@H](CC#N)C2CCCC2)nc1NC(C)=O. The first-order chi connectivity index (χ1) is 14.0. The van der Waals surface area contributed by atoms with E-state index in [4.69, 9.17) is 5.10 Å². The number of allylic oxidation sites excluding steroid dienone is 1. The Bertz CT molecular complexity index is 933. The van der Waals surface area contributed by atoms with E-state index in [1.165, 1.54) is 26.1 Å². The summed E-state index contributed by atoms with van der Waals surface area (Å²) in [6.45, 7) is 5.49. The van der Waals surface area contributed by atoms with E-state index >= 15 is 0 Å². The van der Waals surface area contributed by atoms with Gasteiger partial charge >= 0.3 is 0 Å². The number of carbonyl (C=O) groups excluding carboxylic acids is 1. The molecule has 152 valence electrons. The zero-order chi connectivity index (χ0) is 20.8. The lowest BCUT2D eigenvalue weighted by Gasteiger charge is -2.21. The van der Waals surface area contributed by atoms with Crippen LogP contribution < -0.4 is 5.32 Å². The minimum atomic E-state index is -0.189. The van der Waals surface area contributed by atoms with Crippen molar-refractivity contribution in [1.29, 1.82) is 5.26 Å². The molecule has 0 aromatic carbocycles. The predicted molar refractivity (Wildman–Crippen MR) is 113 cm³/mol. The van der Waals surface area contributed by atoms with E-state index in [9.17, 15) is 10.1 Å². The summed E-state index contributed by atoms with van der Waals surface area (Å²) in [6.07, 6.45) is 13.4. The molecule has 7 heteroatoms. The number of rotatable bonds is 7. The smallest absolute Gasteiger partial charge is 0.222 e. The third-order valence-corrected chi connectivity index (χ3v) is 5.47. The number of hydrogen-bond donors (Lipinski definition) is 1. The highest BCUT2D eigenvalue weighted by Gasteiger charge is 2.29. The standard InChI is InChI=1S/C22H28N6O/c1-4-5-10-18-15(2)24-14-25-21(18)19-13-28(27-22(19)26-16(3)29)20(11-12-23)17-8-6-7-9-17/h5,10,13-14,17,20H,4,6-9,11H2,1-3H3,(H,26,27,29)/b10-5-/t20-/m1/s1. The molecule has 1 amide bonds. The largest absolute Gasteiger partial charge is 0.309 e. The van der Waals surface area contributed by atoms with Gasteiger partial charge in [-0.3, -0.25) is 9.48 Å². The van der Waals surface area contributed by atoms with Crippen LogP contribution >= 0.6 is 0 Å². The molecule has 0 bridgehead atoms. The molecule has 1 fully saturated rings. The number of nitriles is 1. The van der Waals surface area contributed by atoms with Gasteiger partial charge in [0.05, 0.1) is 29.8 Å². The monoisotopic (exact) mass is 392 g/mol. The van der Waals surface area contributed by atoms with Gasteiger partial charge in [0.2, 0.25) is 5.91 Å². The summed E-state index contributed by atoms with van der Waals surface area (Å²) in [6, 6.07) is 2.32. The average molecular weight is 393 g/mol. The van der Waals surface area contributed by atoms with Crippen molar-refractivity contribution in [2.75, 3.05) is 5.32 Å². The van der Waals surface area contributed by atoms with Crippen LogP contribution in [0, 0.1) is 24.2 Å². The number of nitrogens with one attached hydrogen (secondary N) is 1. The Morgan fingerprint density at radius 2 is 2.17 bits per heavy atom. The van der Waals surface area contributed by atoms with Gasteiger partial charge in [-0.1, -0.05) is 31.9 Å². The molecule has 29 heavy (non-hydrogen) atoms. The molecule has 0 radical (unpaired) electrons. The molecule has 1 N–H and O–H groups in total. The fourth-order valence-electron chi connectivity index (χ4n) is 4.04. The number of anilines is 1. The van der Waals surface area contributed by atoms with E-state index in [1.807, 2.05) is 23.9 Å². The summed E-state index contributed by atoms with van der Waals surface area (Å²) in [7, 11) is 0. The van der Waals surface area contributed by atoms with E-state index in [2.05, 4.69) is 34.4 Å². The van der Waals surface area contributed by atoms with Crippen LogP contribution in [0.2, 0.25) is 0 Å². The maximum absolute atomic E-state index is 11.8. The molecule has 2 aromatic rings. The van der Waals surface area contributed by atoms with Crippen LogP contribution in [0.1, 0.15) is 69.7 Å². The molecule has 1 aliphatic carbocycles. The van der Waals surface area contributed by atoms with Gasteiger partial charge < -0.3 is 5.32 Å². The van der Waals surface area contributed by atoms with Crippen molar-refractivity contribution in [3.8, 4) is 17.3 Å². The molecular formula is C22H28N6O. The molecule has 0 aliphatic heterocycles. The van der Waals surface area contributed by atoms with Crippen LogP contribution in [0.5, 0.6) is 0 Å². The van der Waals surface area contributed by atoms with Gasteiger partial charge in [-0.25, -0.2) is 9.97 Å². The normalized spacial score (nSPS) is 15.5. The molecule has 7 nitrogen and oxygen atoms in total. The molecular weight excluding hydrogens is 364 g/mol. The molecule has 1 saturated carbocycles. The summed E-state index contributed by atoms with van der Waals surface area (Å²) >= 11 is 0. The van der Waals surface area contributed by atoms with E-state index in [0.29, 0.717) is 18.2 Å². The first-order valence-corrected chi connectivity index (χ1v) is 10.3. The van der Waals surface area contributed by atoms with Crippen LogP contribution in [0.4, 0.5) is 5.82 Å². The van der Waals surface area contributed by atoms with Gasteiger partial charge in [0, 0.05) is 24.4 Å². The summed E-state index contributed by atoms with van der Waals surface area (Å²) in [5, 5.41) is 16.9. The lowest BCUT2D eigenvalue weighted by molar-refractivity contribution is -0.114. The van der Waals surface area contributed by atoms with Gasteiger partial charge in [0.15, 0.2) is 5.82 Å². The number of nitrogens with zero attached hydrogens (tertiary/aromatic N) is 5. The molecule has 0 unspecified atom stereocenters. The Balaban J connectivity index is 2.11. The second-order valence-electron chi connectivity index (χ2n) is 7.56. The third kappa shape index (κ3) is 4.70. The fourth-order valence-corrected chi connectivity index (χ4v) is 4.04. The number of carbonyl (C=O) groups is 1. The lowest BCUT2D eigenvalue weighted by Crippen LogP contribution is -2.18. The molecule has 0 saturated heterocycles. The summed E-state index contributed by atoms with van der Waals surface area (Å²) in [4.78, 5) is 20.7. The highest BCUT2D eigenvalue weighted by atomic mass is 16.1. The van der Waals surface area contributed by atoms with Crippen molar-refractivity contribution in [3.63, 3.8) is 0 Å². The van der Waals surface area contributed by atoms with Crippen molar-refractivity contribution < 1.29 is 4.79 Å². The van der Waals surface area contributed by atoms with Gasteiger partial charge in [-0.2, -0.15) is 10.4 Å². The lowest BCUT2D eigenvalue weighted by atomic mass is 9.96. The maximum Gasteiger partial charge on any atom is 0.222 e. The Morgan fingerprint density at radius 3 is 2.83 bits per heavy atom. The fraction of sp³-hybridized carbons (Fsp3) is 0.500. The molecule has 1 aliphatic rings. The van der Waals surface area contributed by atoms with E-state index in [-0.39, 0.29) is 11.9 Å². The average Bonchev–Trinajstić information content (AvgIpc) is 3.35. The predicted octanol–water partition coefficient (Wildman–Crippen LogP) is 4.68. The zero-order valence-corrected chi connectivity index (χ0v) is 17.4. The third-order valence-electron chi connectivity index (χ3n) is 5.47. The highest BCUT2D eigenvalue weighted by Crippen LogP contribution is 2.38. The van der Waals surface area contributed by atoms with Gasteiger partial charge in [-0.15, -0.1) is 0 Å². The Labute approximate surface area is 171 Å². The number of aromatic nitrogens is 4. The van der Waals surface area contributed by atoms with Gasteiger partial charge in [0.1, 0.15) is 6.33 Å². The van der Waals surface area contributed by atoms with Crippen LogP contribution in [0.3, 0.4) is 0 Å². The molecule has 3 rings (SSSR count). The Hall–Kier alpha value is -3.01. The minimum absolute atomic E-state index is 0.00123. The first-order valence-electron chi connectivity index (χ1n) is 10.3. The van der Waals surface area contributed by atoms with Gasteiger partial charge in [-0.05, 0) is 32.1 Å². The zero-order valence-electron chi connectivity index (χ0n) is 17.4. The first kappa shape index (κ1) is 20.7. The van der Waals surface area contributed by atoms with E-state index in [0.717, 1.165) is 41.8 Å². The number of aryl methyl sites for hydroxylation is 1. The Kier molecular flexibility index (Phi) is 6.76. The number of hydrogen-bond acceptors (Lipinski definition) is 5. The summed E-state index contributed by atoms with van der Waals surface area (Å²) in [5.41, 5.74) is 3.27. The number of amides is 1. The Morgan fingerprint density at radius 1 is 1.41 bits per heavy atom. The highest BCUT2D eigenvalue weighted by molar-refractivity contribution is 5.93. The second-order valence-corrected chi connectivity index (χ2v) is 7.56. The minimum Gasteiger partial charge on any atom is -0.309 e. The van der Waals surface area contributed by atoms with Crippen molar-refractivity contribution in [2.45, 2.75) is 65.3 Å². The van der Waals surface area contributed by atoms with E-state index in [1.54, 1.807) is 0 Å². The van der Waals surface area contributed by atoms with Crippen LogP contribution in [0.25, 0.3) is 17.3 Å². The topological polar surface area (TPSA) is 96.5 Å². The van der Waals surface area contributed by atoms with Crippen molar-refractivity contribution in [1.82, 2.24) is 19.7 Å². The van der Waals surface area contributed by atoms with Crippen LogP contribution in [-0.2, 0) is 4.79 Å². The summed E-state index contributed by atoms with van der Waals surface area (Å²) in [5.74, 6) is 0.715. The maximum atomic E-state index is 11.8. The molecule has 2 heterocycles. The van der Waals surface area contributed by atoms with E-state index < -0.39 is 0 Å². The van der Waals surface area contributed by atoms with Crippen molar-refractivity contribution in [2.24, 2.45) is 5.92 Å².